The molecule has 198 valence electrons. The lowest BCUT2D eigenvalue weighted by molar-refractivity contribution is -0.143. The average Bonchev–Trinajstić information content (AvgIpc) is 3.29. The van der Waals surface area contributed by atoms with Crippen LogP contribution in [0.15, 0.2) is 60.7 Å². The average molecular weight is 575 g/mol. The largest absolute Gasteiger partial charge is 0.466 e. The number of anilines is 1. The van der Waals surface area contributed by atoms with Crippen LogP contribution in [-0.2, 0) is 12.4 Å². The number of hydrogen-bond donors (Lipinski definition) is 1. The molecule has 3 aromatic carbocycles. The number of nitrogens with one attached hydrogen (secondary N) is 1. The van der Waals surface area contributed by atoms with Gasteiger partial charge in [0.25, 0.3) is 5.91 Å². The number of carbonyl (C=O) groups is 1. The van der Waals surface area contributed by atoms with Crippen molar-refractivity contribution in [1.29, 1.82) is 0 Å². The molecule has 0 fully saturated rings. The van der Waals surface area contributed by atoms with Gasteiger partial charge in [-0.3, -0.25) is 4.79 Å². The standard InChI is InChI=1S/C24H14Cl2F6N4O2/c1-38-22-34-20(12-2-7-18(25)19(26)10-12)36(35-22)17-5-3-16(4-6-17)33-21(37)13-8-14(23(27,28)29)11-15(9-13)24(30,31)32/h2-11H,1H3,(H,33,37). The zero-order valence-electron chi connectivity index (χ0n) is 19.0. The smallest absolute Gasteiger partial charge is 0.416 e. The van der Waals surface area contributed by atoms with Crippen molar-refractivity contribution < 1.29 is 35.9 Å². The Morgan fingerprint density at radius 2 is 1.47 bits per heavy atom. The fourth-order valence-corrected chi connectivity index (χ4v) is 3.66. The normalized spacial score (nSPS) is 11.9. The molecule has 6 nitrogen and oxygen atoms in total. The van der Waals surface area contributed by atoms with Gasteiger partial charge in [-0.1, -0.05) is 23.2 Å². The van der Waals surface area contributed by atoms with Crippen molar-refractivity contribution in [2.24, 2.45) is 0 Å². The highest BCUT2D eigenvalue weighted by Gasteiger charge is 2.37. The summed E-state index contributed by atoms with van der Waals surface area (Å²) in [6.07, 6.45) is -10.2. The number of methoxy groups -OCH3 is 1. The van der Waals surface area contributed by atoms with Gasteiger partial charge in [-0.15, -0.1) is 5.10 Å². The monoisotopic (exact) mass is 574 g/mol. The molecule has 0 aliphatic heterocycles. The van der Waals surface area contributed by atoms with E-state index in [0.717, 1.165) is 0 Å². The number of hydrogen-bond acceptors (Lipinski definition) is 4. The lowest BCUT2D eigenvalue weighted by Crippen LogP contribution is -2.17. The molecule has 0 bridgehead atoms. The van der Waals surface area contributed by atoms with E-state index in [1.807, 2.05) is 0 Å². The first-order valence-corrected chi connectivity index (χ1v) is 11.2. The Balaban J connectivity index is 1.63. The fourth-order valence-electron chi connectivity index (χ4n) is 3.36. The molecule has 1 N–H and O–H groups in total. The van der Waals surface area contributed by atoms with Gasteiger partial charge in [0.15, 0.2) is 5.82 Å². The molecule has 0 saturated carbocycles. The number of aromatic nitrogens is 3. The predicted molar refractivity (Wildman–Crippen MR) is 128 cm³/mol. The van der Waals surface area contributed by atoms with Crippen LogP contribution in [0.4, 0.5) is 32.0 Å². The Labute approximate surface area is 220 Å². The lowest BCUT2D eigenvalue weighted by atomic mass is 10.0. The van der Waals surface area contributed by atoms with E-state index < -0.39 is 35.0 Å². The van der Waals surface area contributed by atoms with E-state index >= 15 is 0 Å². The van der Waals surface area contributed by atoms with E-state index in [2.05, 4.69) is 15.4 Å². The summed E-state index contributed by atoms with van der Waals surface area (Å²) in [5, 5.41) is 7.14. The summed E-state index contributed by atoms with van der Waals surface area (Å²) < 4.78 is 85.2. The third kappa shape index (κ3) is 5.86. The van der Waals surface area contributed by atoms with Crippen LogP contribution >= 0.6 is 23.2 Å². The van der Waals surface area contributed by atoms with Gasteiger partial charge in [0.2, 0.25) is 0 Å². The first kappa shape index (κ1) is 27.3. The molecule has 0 saturated heterocycles. The molecule has 0 aliphatic carbocycles. The number of amides is 1. The van der Waals surface area contributed by atoms with Gasteiger partial charge < -0.3 is 10.1 Å². The fraction of sp³-hybridized carbons (Fsp3) is 0.125. The third-order valence-electron chi connectivity index (χ3n) is 5.17. The molecule has 14 heteroatoms. The molecule has 1 heterocycles. The van der Waals surface area contributed by atoms with E-state index in [1.165, 1.54) is 36.1 Å². The van der Waals surface area contributed by atoms with Crippen molar-refractivity contribution in [1.82, 2.24) is 14.8 Å². The second-order valence-electron chi connectivity index (χ2n) is 7.76. The van der Waals surface area contributed by atoms with Crippen molar-refractivity contribution in [2.45, 2.75) is 12.4 Å². The summed E-state index contributed by atoms with van der Waals surface area (Å²) in [5.74, 6) is -0.825. The van der Waals surface area contributed by atoms with Gasteiger partial charge in [-0.05, 0) is 60.7 Å². The van der Waals surface area contributed by atoms with Crippen molar-refractivity contribution in [3.8, 4) is 23.1 Å². The highest BCUT2D eigenvalue weighted by molar-refractivity contribution is 6.42. The van der Waals surface area contributed by atoms with Gasteiger partial charge in [-0.25, -0.2) is 4.68 Å². The van der Waals surface area contributed by atoms with Crippen LogP contribution in [0, 0.1) is 0 Å². The summed E-state index contributed by atoms with van der Waals surface area (Å²) in [4.78, 5) is 16.8. The van der Waals surface area contributed by atoms with Crippen molar-refractivity contribution in [2.75, 3.05) is 12.4 Å². The van der Waals surface area contributed by atoms with Crippen LogP contribution in [0.1, 0.15) is 21.5 Å². The molecule has 38 heavy (non-hydrogen) atoms. The predicted octanol–water partition coefficient (Wildman–Crippen LogP) is 7.54. The number of benzene rings is 3. The van der Waals surface area contributed by atoms with Gasteiger partial charge in [0, 0.05) is 16.8 Å². The van der Waals surface area contributed by atoms with Crippen molar-refractivity contribution in [3.63, 3.8) is 0 Å². The molecule has 1 amide bonds. The van der Waals surface area contributed by atoms with Gasteiger partial charge in [0.1, 0.15) is 0 Å². The minimum absolute atomic E-state index is 0.0356. The highest BCUT2D eigenvalue weighted by Crippen LogP contribution is 2.36. The zero-order chi connectivity index (χ0) is 27.8. The Kier molecular flexibility index (Phi) is 7.31. The third-order valence-corrected chi connectivity index (χ3v) is 5.91. The summed E-state index contributed by atoms with van der Waals surface area (Å²) in [7, 11) is 1.37. The Morgan fingerprint density at radius 1 is 0.868 bits per heavy atom. The molecule has 0 aliphatic rings. The number of halogens is 8. The second-order valence-corrected chi connectivity index (χ2v) is 8.57. The van der Waals surface area contributed by atoms with Gasteiger partial charge in [-0.2, -0.15) is 31.3 Å². The number of rotatable bonds is 5. The topological polar surface area (TPSA) is 69.0 Å². The van der Waals surface area contributed by atoms with Crippen LogP contribution in [0.25, 0.3) is 17.1 Å². The highest BCUT2D eigenvalue weighted by atomic mass is 35.5. The van der Waals surface area contributed by atoms with Crippen LogP contribution in [-0.4, -0.2) is 27.8 Å². The SMILES string of the molecule is COc1nc(-c2ccc(Cl)c(Cl)c2)n(-c2ccc(NC(=O)c3cc(C(F)(F)F)cc(C(F)(F)F)c3)cc2)n1. The molecule has 4 rings (SSSR count). The molecule has 0 radical (unpaired) electrons. The molecular formula is C24H14Cl2F6N4O2. The summed E-state index contributed by atoms with van der Waals surface area (Å²) in [6, 6.07) is 11.3. The first-order valence-electron chi connectivity index (χ1n) is 10.4. The molecule has 1 aromatic heterocycles. The molecule has 4 aromatic rings. The Bertz CT molecular complexity index is 1470. The number of nitrogens with zero attached hydrogens (tertiary/aromatic N) is 3. The van der Waals surface area contributed by atoms with E-state index in [1.54, 1.807) is 18.2 Å². The van der Waals surface area contributed by atoms with Crippen LogP contribution in [0.5, 0.6) is 6.01 Å². The number of alkyl halides is 6. The van der Waals surface area contributed by atoms with E-state index in [9.17, 15) is 31.1 Å². The Hall–Kier alpha value is -3.77. The van der Waals surface area contributed by atoms with Crippen molar-refractivity contribution in [3.05, 3.63) is 87.4 Å². The summed E-state index contributed by atoms with van der Waals surface area (Å²) in [6.45, 7) is 0. The molecule has 0 atom stereocenters. The number of carbonyl (C=O) groups excluding carboxylic acids is 1. The minimum atomic E-state index is -5.08. The van der Waals surface area contributed by atoms with Crippen LogP contribution in [0.2, 0.25) is 10.0 Å². The van der Waals surface area contributed by atoms with Crippen LogP contribution in [0.3, 0.4) is 0 Å². The van der Waals surface area contributed by atoms with E-state index in [-0.39, 0.29) is 22.8 Å². The zero-order valence-corrected chi connectivity index (χ0v) is 20.5. The van der Waals surface area contributed by atoms with Gasteiger partial charge in [0.05, 0.1) is 34.0 Å². The van der Waals surface area contributed by atoms with Gasteiger partial charge >= 0.3 is 18.4 Å². The molecule has 0 spiro atoms. The lowest BCUT2D eigenvalue weighted by Gasteiger charge is -2.14. The minimum Gasteiger partial charge on any atom is -0.466 e. The molecular weight excluding hydrogens is 561 g/mol. The summed E-state index contributed by atoms with van der Waals surface area (Å²) >= 11 is 12.1. The van der Waals surface area contributed by atoms with E-state index in [0.29, 0.717) is 34.2 Å². The van der Waals surface area contributed by atoms with Crippen LogP contribution < -0.4 is 10.1 Å². The second kappa shape index (κ2) is 10.2. The maximum Gasteiger partial charge on any atom is 0.416 e. The Morgan fingerprint density at radius 3 is 2.00 bits per heavy atom. The number of ether oxygens (including phenoxy) is 1. The maximum absolute atomic E-state index is 13.1. The first-order chi connectivity index (χ1) is 17.8. The maximum atomic E-state index is 13.1. The van der Waals surface area contributed by atoms with E-state index in [4.69, 9.17) is 27.9 Å². The molecule has 0 unspecified atom stereocenters. The van der Waals surface area contributed by atoms with Crippen molar-refractivity contribution >= 4 is 34.8 Å². The quantitative estimate of drug-likeness (QED) is 0.250. The summed E-state index contributed by atoms with van der Waals surface area (Å²) in [5.41, 5.74) is -2.89.